The van der Waals surface area contributed by atoms with E-state index in [1.54, 1.807) is 67.8 Å². The minimum Gasteiger partial charge on any atom is -0.462 e. The standard InChI is InChI=1S/C24H18Cl2N2O4S/c1-3-31-24(30)20-17(14-8-10-15(25)11-9-14)12-33-23(20)27-22(29)19-13(2)32-28-21(19)16-6-4-5-7-18(16)26/h4-12H,3H2,1-2H3,(H,27,29). The summed E-state index contributed by atoms with van der Waals surface area (Å²) in [4.78, 5) is 26.1. The number of carbonyl (C=O) groups is 2. The molecule has 0 saturated heterocycles. The van der Waals surface area contributed by atoms with Crippen molar-refractivity contribution in [1.82, 2.24) is 5.16 Å². The highest BCUT2D eigenvalue weighted by molar-refractivity contribution is 7.15. The fourth-order valence-corrected chi connectivity index (χ4v) is 4.64. The summed E-state index contributed by atoms with van der Waals surface area (Å²) in [5, 5.41) is 10.0. The molecule has 168 valence electrons. The van der Waals surface area contributed by atoms with Gasteiger partial charge < -0.3 is 14.6 Å². The number of amides is 1. The summed E-state index contributed by atoms with van der Waals surface area (Å²) in [6.07, 6.45) is 0. The van der Waals surface area contributed by atoms with Gasteiger partial charge in [-0.25, -0.2) is 4.79 Å². The predicted octanol–water partition coefficient (Wildman–Crippen LogP) is 7.11. The molecule has 1 amide bonds. The molecule has 0 radical (unpaired) electrons. The Kier molecular flexibility index (Phi) is 6.83. The van der Waals surface area contributed by atoms with Gasteiger partial charge in [-0.2, -0.15) is 0 Å². The zero-order valence-electron chi connectivity index (χ0n) is 17.6. The molecule has 0 atom stereocenters. The number of halogens is 2. The molecular weight excluding hydrogens is 483 g/mol. The summed E-state index contributed by atoms with van der Waals surface area (Å²) in [7, 11) is 0. The van der Waals surface area contributed by atoms with Crippen molar-refractivity contribution < 1.29 is 18.8 Å². The van der Waals surface area contributed by atoms with Gasteiger partial charge in [-0.05, 0) is 37.6 Å². The van der Waals surface area contributed by atoms with Gasteiger partial charge >= 0.3 is 5.97 Å². The number of benzene rings is 2. The van der Waals surface area contributed by atoms with Gasteiger partial charge in [0.2, 0.25) is 0 Å². The van der Waals surface area contributed by atoms with E-state index in [-0.39, 0.29) is 17.7 Å². The number of aryl methyl sites for hydroxylation is 1. The summed E-state index contributed by atoms with van der Waals surface area (Å²) in [5.41, 5.74) is 2.81. The zero-order valence-corrected chi connectivity index (χ0v) is 20.0. The molecule has 9 heteroatoms. The molecule has 0 spiro atoms. The highest BCUT2D eigenvalue weighted by atomic mass is 35.5. The summed E-state index contributed by atoms with van der Waals surface area (Å²) >= 11 is 13.5. The predicted molar refractivity (Wildman–Crippen MR) is 130 cm³/mol. The van der Waals surface area contributed by atoms with E-state index in [0.717, 1.165) is 5.56 Å². The third-order valence-corrected chi connectivity index (χ3v) is 6.35. The SMILES string of the molecule is CCOC(=O)c1c(-c2ccc(Cl)cc2)csc1NC(=O)c1c(-c2ccccc2Cl)noc1C. The van der Waals surface area contributed by atoms with Gasteiger partial charge in [0.15, 0.2) is 0 Å². The molecule has 0 bridgehead atoms. The maximum Gasteiger partial charge on any atom is 0.341 e. The first-order valence-electron chi connectivity index (χ1n) is 9.97. The van der Waals surface area contributed by atoms with Gasteiger partial charge in [0.1, 0.15) is 27.6 Å². The van der Waals surface area contributed by atoms with Crippen LogP contribution in [0.2, 0.25) is 10.0 Å². The Morgan fingerprint density at radius 2 is 1.79 bits per heavy atom. The topological polar surface area (TPSA) is 81.4 Å². The summed E-state index contributed by atoms with van der Waals surface area (Å²) in [5.74, 6) is -0.680. The van der Waals surface area contributed by atoms with E-state index in [4.69, 9.17) is 32.5 Å². The van der Waals surface area contributed by atoms with Crippen molar-refractivity contribution in [2.45, 2.75) is 13.8 Å². The number of carbonyl (C=O) groups excluding carboxylic acids is 2. The monoisotopic (exact) mass is 500 g/mol. The van der Waals surface area contributed by atoms with Crippen LogP contribution in [0.3, 0.4) is 0 Å². The van der Waals surface area contributed by atoms with Crippen LogP contribution in [-0.2, 0) is 4.74 Å². The Balaban J connectivity index is 1.74. The lowest BCUT2D eigenvalue weighted by atomic mass is 10.0. The second kappa shape index (κ2) is 9.79. The first-order chi connectivity index (χ1) is 15.9. The summed E-state index contributed by atoms with van der Waals surface area (Å²) < 4.78 is 10.6. The Labute approximate surface area is 204 Å². The smallest absolute Gasteiger partial charge is 0.341 e. The Bertz CT molecular complexity index is 1330. The normalized spacial score (nSPS) is 10.8. The van der Waals surface area contributed by atoms with Crippen LogP contribution in [0.25, 0.3) is 22.4 Å². The number of nitrogens with zero attached hydrogens (tertiary/aromatic N) is 1. The molecule has 33 heavy (non-hydrogen) atoms. The maximum absolute atomic E-state index is 13.3. The van der Waals surface area contributed by atoms with Crippen molar-refractivity contribution in [3.63, 3.8) is 0 Å². The second-order valence-corrected chi connectivity index (χ2v) is 8.70. The number of nitrogens with one attached hydrogen (secondary N) is 1. The molecule has 4 aromatic rings. The molecule has 2 aromatic carbocycles. The lowest BCUT2D eigenvalue weighted by Crippen LogP contribution is -2.16. The molecule has 2 heterocycles. The zero-order chi connectivity index (χ0) is 23.5. The highest BCUT2D eigenvalue weighted by Crippen LogP contribution is 2.38. The average Bonchev–Trinajstić information content (AvgIpc) is 3.38. The van der Waals surface area contributed by atoms with E-state index >= 15 is 0 Å². The molecule has 1 N–H and O–H groups in total. The molecule has 0 unspecified atom stereocenters. The number of esters is 1. The van der Waals surface area contributed by atoms with Crippen molar-refractivity contribution in [2.24, 2.45) is 0 Å². The van der Waals surface area contributed by atoms with Crippen LogP contribution < -0.4 is 5.32 Å². The van der Waals surface area contributed by atoms with Crippen LogP contribution >= 0.6 is 34.5 Å². The van der Waals surface area contributed by atoms with E-state index < -0.39 is 11.9 Å². The quantitative estimate of drug-likeness (QED) is 0.285. The Morgan fingerprint density at radius 1 is 1.06 bits per heavy atom. The molecule has 0 saturated carbocycles. The first kappa shape index (κ1) is 23.0. The molecule has 0 aliphatic heterocycles. The largest absolute Gasteiger partial charge is 0.462 e. The van der Waals surface area contributed by atoms with Gasteiger partial charge in [0.05, 0.1) is 11.6 Å². The van der Waals surface area contributed by atoms with Crippen LogP contribution in [0.1, 0.15) is 33.4 Å². The van der Waals surface area contributed by atoms with E-state index in [1.165, 1.54) is 11.3 Å². The van der Waals surface area contributed by atoms with Crippen LogP contribution in [0.4, 0.5) is 5.00 Å². The number of hydrogen-bond acceptors (Lipinski definition) is 6. The van der Waals surface area contributed by atoms with Gasteiger partial charge in [-0.15, -0.1) is 11.3 Å². The second-order valence-electron chi connectivity index (χ2n) is 6.98. The van der Waals surface area contributed by atoms with Gasteiger partial charge in [0, 0.05) is 21.5 Å². The molecule has 4 rings (SSSR count). The molecule has 0 fully saturated rings. The molecular formula is C24H18Cl2N2O4S. The van der Waals surface area contributed by atoms with Crippen molar-refractivity contribution >= 4 is 51.4 Å². The van der Waals surface area contributed by atoms with E-state index in [2.05, 4.69) is 10.5 Å². The third kappa shape index (κ3) is 4.66. The maximum atomic E-state index is 13.3. The Morgan fingerprint density at radius 3 is 2.48 bits per heavy atom. The van der Waals surface area contributed by atoms with Crippen molar-refractivity contribution in [3.8, 4) is 22.4 Å². The number of aromatic nitrogens is 1. The summed E-state index contributed by atoms with van der Waals surface area (Å²) in [6.45, 7) is 3.56. The molecule has 0 aliphatic rings. The lowest BCUT2D eigenvalue weighted by molar-refractivity contribution is 0.0529. The number of ether oxygens (including phenoxy) is 1. The third-order valence-electron chi connectivity index (χ3n) is 4.87. The summed E-state index contributed by atoms with van der Waals surface area (Å²) in [6, 6.07) is 14.1. The number of rotatable bonds is 6. The fourth-order valence-electron chi connectivity index (χ4n) is 3.34. The van der Waals surface area contributed by atoms with Crippen LogP contribution in [0, 0.1) is 6.92 Å². The number of hydrogen-bond donors (Lipinski definition) is 1. The number of anilines is 1. The van der Waals surface area contributed by atoms with Gasteiger partial charge in [-0.3, -0.25) is 4.79 Å². The van der Waals surface area contributed by atoms with Crippen LogP contribution in [0.5, 0.6) is 0 Å². The van der Waals surface area contributed by atoms with Gasteiger partial charge in [0.25, 0.3) is 5.91 Å². The molecule has 0 aliphatic carbocycles. The minimum atomic E-state index is -0.535. The minimum absolute atomic E-state index is 0.198. The van der Waals surface area contributed by atoms with Crippen molar-refractivity contribution in [1.29, 1.82) is 0 Å². The van der Waals surface area contributed by atoms with Crippen LogP contribution in [0.15, 0.2) is 58.4 Å². The molecule has 6 nitrogen and oxygen atoms in total. The first-order valence-corrected chi connectivity index (χ1v) is 11.6. The van der Waals surface area contributed by atoms with E-state index in [1.807, 2.05) is 0 Å². The van der Waals surface area contributed by atoms with Crippen LogP contribution in [-0.4, -0.2) is 23.6 Å². The lowest BCUT2D eigenvalue weighted by Gasteiger charge is -2.09. The van der Waals surface area contributed by atoms with Crippen molar-refractivity contribution in [2.75, 3.05) is 11.9 Å². The molecule has 2 aromatic heterocycles. The Hall–Kier alpha value is -3.13. The highest BCUT2D eigenvalue weighted by Gasteiger charge is 2.27. The van der Waals surface area contributed by atoms with E-state index in [9.17, 15) is 9.59 Å². The van der Waals surface area contributed by atoms with E-state index in [0.29, 0.717) is 37.6 Å². The fraction of sp³-hybridized carbons (Fsp3) is 0.125. The van der Waals surface area contributed by atoms with Gasteiger partial charge in [-0.1, -0.05) is 58.7 Å². The average molecular weight is 501 g/mol. The number of thiophene rings is 1. The van der Waals surface area contributed by atoms with Crippen molar-refractivity contribution in [3.05, 3.63) is 80.8 Å².